The lowest BCUT2D eigenvalue weighted by Gasteiger charge is -2.30. The molecule has 1 amide bonds. The zero-order valence-corrected chi connectivity index (χ0v) is 16.5. The molecule has 0 spiro atoms. The topological polar surface area (TPSA) is 128 Å². The Morgan fingerprint density at radius 3 is 2.62 bits per heavy atom. The summed E-state index contributed by atoms with van der Waals surface area (Å²) in [6.07, 6.45) is 1.09. The number of nitrogens with one attached hydrogen (secondary N) is 1. The number of sulfonamides is 1. The van der Waals surface area contributed by atoms with Crippen molar-refractivity contribution in [1.82, 2.24) is 0 Å². The monoisotopic (exact) mass is 421 g/mol. The Bertz CT molecular complexity index is 1060. The van der Waals surface area contributed by atoms with Gasteiger partial charge in [-0.05, 0) is 24.6 Å². The van der Waals surface area contributed by atoms with Gasteiger partial charge in [-0.3, -0.25) is 19.2 Å². The van der Waals surface area contributed by atoms with Crippen LogP contribution in [0.4, 0.5) is 17.1 Å². The highest BCUT2D eigenvalue weighted by Gasteiger charge is 2.32. The van der Waals surface area contributed by atoms with Crippen molar-refractivity contribution in [2.24, 2.45) is 0 Å². The van der Waals surface area contributed by atoms with Crippen molar-refractivity contribution >= 4 is 33.0 Å². The third kappa shape index (κ3) is 4.40. The molecule has 10 nitrogen and oxygen atoms in total. The Morgan fingerprint density at radius 1 is 1.24 bits per heavy atom. The summed E-state index contributed by atoms with van der Waals surface area (Å²) in [6, 6.07) is 8.85. The van der Waals surface area contributed by atoms with Crippen LogP contribution in [0.2, 0.25) is 0 Å². The summed E-state index contributed by atoms with van der Waals surface area (Å²) in [6.45, 7) is 1.73. The van der Waals surface area contributed by atoms with Crippen LogP contribution in [0.3, 0.4) is 0 Å². The molecule has 1 atom stereocenters. The summed E-state index contributed by atoms with van der Waals surface area (Å²) < 4.78 is 36.3. The zero-order chi connectivity index (χ0) is 21.2. The second kappa shape index (κ2) is 7.95. The van der Waals surface area contributed by atoms with Crippen molar-refractivity contribution in [3.63, 3.8) is 0 Å². The Hall–Kier alpha value is -3.34. The molecule has 0 fully saturated rings. The number of benzene rings is 2. The van der Waals surface area contributed by atoms with Gasteiger partial charge < -0.3 is 14.8 Å². The zero-order valence-electron chi connectivity index (χ0n) is 15.7. The average molecular weight is 421 g/mol. The fraction of sp³-hybridized carbons (Fsp3) is 0.278. The van der Waals surface area contributed by atoms with E-state index in [1.165, 1.54) is 18.2 Å². The van der Waals surface area contributed by atoms with Crippen LogP contribution >= 0.6 is 0 Å². The number of carbonyl (C=O) groups is 1. The van der Waals surface area contributed by atoms with E-state index >= 15 is 0 Å². The van der Waals surface area contributed by atoms with E-state index in [1.807, 2.05) is 0 Å². The number of fused-ring (bicyclic) bond motifs is 1. The first-order valence-corrected chi connectivity index (χ1v) is 10.5. The summed E-state index contributed by atoms with van der Waals surface area (Å²) >= 11 is 0. The van der Waals surface area contributed by atoms with Crippen LogP contribution in [0.1, 0.15) is 13.3 Å². The van der Waals surface area contributed by atoms with Gasteiger partial charge in [0.05, 0.1) is 16.9 Å². The Labute approximate surface area is 167 Å². The van der Waals surface area contributed by atoms with Crippen LogP contribution in [0.15, 0.2) is 42.5 Å². The van der Waals surface area contributed by atoms with E-state index in [2.05, 4.69) is 5.32 Å². The number of nitrogens with zero attached hydrogens (tertiary/aromatic N) is 2. The molecule has 0 unspecified atom stereocenters. The maximum atomic E-state index is 12.9. The first-order chi connectivity index (χ1) is 13.7. The van der Waals surface area contributed by atoms with Crippen LogP contribution in [-0.2, 0) is 14.8 Å². The smallest absolute Gasteiger partial charge is 0.271 e. The first-order valence-electron chi connectivity index (χ1n) is 8.65. The van der Waals surface area contributed by atoms with E-state index in [9.17, 15) is 23.3 Å². The van der Waals surface area contributed by atoms with E-state index in [-0.39, 0.29) is 24.6 Å². The number of ether oxygens (including phenoxy) is 2. The normalized spacial score (nSPS) is 13.6. The summed E-state index contributed by atoms with van der Waals surface area (Å²) in [5, 5.41) is 13.7. The van der Waals surface area contributed by atoms with Crippen LogP contribution in [-0.4, -0.2) is 38.3 Å². The van der Waals surface area contributed by atoms with Gasteiger partial charge in [-0.15, -0.1) is 0 Å². The van der Waals surface area contributed by atoms with Gasteiger partial charge in [-0.25, -0.2) is 8.42 Å². The van der Waals surface area contributed by atoms with Crippen LogP contribution in [0.5, 0.6) is 11.5 Å². The van der Waals surface area contributed by atoms with E-state index in [0.29, 0.717) is 17.2 Å². The van der Waals surface area contributed by atoms with Crippen molar-refractivity contribution in [2.75, 3.05) is 22.7 Å². The molecule has 0 bridgehead atoms. The number of hydrogen-bond donors (Lipinski definition) is 1. The van der Waals surface area contributed by atoms with Crippen molar-refractivity contribution in [1.29, 1.82) is 0 Å². The van der Waals surface area contributed by atoms with Crippen LogP contribution in [0, 0.1) is 10.1 Å². The predicted molar refractivity (Wildman–Crippen MR) is 106 cm³/mol. The maximum absolute atomic E-state index is 12.9. The van der Waals surface area contributed by atoms with Crippen molar-refractivity contribution < 1.29 is 27.6 Å². The summed E-state index contributed by atoms with van der Waals surface area (Å²) in [7, 11) is -3.91. The number of carbonyl (C=O) groups excluding carboxylic acids is 1. The number of rotatable bonds is 7. The second-order valence-corrected chi connectivity index (χ2v) is 8.18. The van der Waals surface area contributed by atoms with Crippen LogP contribution in [0.25, 0.3) is 0 Å². The second-order valence-electron chi connectivity index (χ2n) is 6.32. The lowest BCUT2D eigenvalue weighted by Crippen LogP contribution is -2.47. The Morgan fingerprint density at radius 2 is 1.97 bits per heavy atom. The molecule has 29 heavy (non-hydrogen) atoms. The number of anilines is 2. The molecule has 3 rings (SSSR count). The molecular formula is C18H19N3O7S. The highest BCUT2D eigenvalue weighted by atomic mass is 32.2. The van der Waals surface area contributed by atoms with Crippen molar-refractivity contribution in [3.8, 4) is 11.5 Å². The van der Waals surface area contributed by atoms with Gasteiger partial charge in [0.2, 0.25) is 22.7 Å². The number of amides is 1. The fourth-order valence-corrected chi connectivity index (χ4v) is 4.21. The standard InChI is InChI=1S/C18H19N3O7S/c1-3-15(18(22)19-12-7-8-16-17(9-12)28-11-27-16)20(29(2,25)26)13-5-4-6-14(10-13)21(23)24/h4-10,15H,3,11H2,1-2H3,(H,19,22)/t15-/m1/s1. The Balaban J connectivity index is 1.92. The van der Waals surface area contributed by atoms with Gasteiger partial charge in [0.1, 0.15) is 6.04 Å². The number of nitro groups is 1. The highest BCUT2D eigenvalue weighted by molar-refractivity contribution is 7.92. The van der Waals surface area contributed by atoms with E-state index in [0.717, 1.165) is 16.6 Å². The van der Waals surface area contributed by atoms with Gasteiger partial charge in [0.25, 0.3) is 5.69 Å². The van der Waals surface area contributed by atoms with Gasteiger partial charge in [0, 0.05) is 23.9 Å². The molecule has 154 valence electrons. The maximum Gasteiger partial charge on any atom is 0.271 e. The lowest BCUT2D eigenvalue weighted by molar-refractivity contribution is -0.384. The lowest BCUT2D eigenvalue weighted by atomic mass is 10.1. The average Bonchev–Trinajstić information content (AvgIpc) is 3.12. The van der Waals surface area contributed by atoms with Gasteiger partial charge in [-0.1, -0.05) is 13.0 Å². The van der Waals surface area contributed by atoms with Gasteiger partial charge in [-0.2, -0.15) is 0 Å². The molecule has 2 aromatic rings. The van der Waals surface area contributed by atoms with Crippen LogP contribution < -0.4 is 19.1 Å². The number of non-ortho nitro benzene ring substituents is 1. The molecule has 0 saturated heterocycles. The van der Waals surface area contributed by atoms with Crippen molar-refractivity contribution in [3.05, 3.63) is 52.6 Å². The fourth-order valence-electron chi connectivity index (χ4n) is 3.00. The largest absolute Gasteiger partial charge is 0.454 e. The molecule has 1 heterocycles. The highest BCUT2D eigenvalue weighted by Crippen LogP contribution is 2.34. The molecule has 0 saturated carbocycles. The predicted octanol–water partition coefficient (Wildman–Crippen LogP) is 2.51. The molecule has 11 heteroatoms. The third-order valence-corrected chi connectivity index (χ3v) is 5.44. The minimum atomic E-state index is -3.91. The first kappa shape index (κ1) is 20.4. The Kier molecular flexibility index (Phi) is 5.59. The molecule has 2 aromatic carbocycles. The minimum absolute atomic E-state index is 0.0365. The van der Waals surface area contributed by atoms with E-state index in [1.54, 1.807) is 25.1 Å². The van der Waals surface area contributed by atoms with E-state index in [4.69, 9.17) is 9.47 Å². The molecule has 1 aliphatic heterocycles. The number of hydrogen-bond acceptors (Lipinski definition) is 7. The summed E-state index contributed by atoms with van der Waals surface area (Å²) in [5.41, 5.74) is 0.168. The van der Waals surface area contributed by atoms with Crippen molar-refractivity contribution in [2.45, 2.75) is 19.4 Å². The van der Waals surface area contributed by atoms with E-state index < -0.39 is 26.9 Å². The molecule has 0 aromatic heterocycles. The summed E-state index contributed by atoms with van der Waals surface area (Å²) in [5.74, 6) is 0.433. The van der Waals surface area contributed by atoms with Gasteiger partial charge >= 0.3 is 0 Å². The molecule has 0 aliphatic carbocycles. The number of nitro benzene ring substituents is 1. The quantitative estimate of drug-likeness (QED) is 0.537. The van der Waals surface area contributed by atoms with Gasteiger partial charge in [0.15, 0.2) is 11.5 Å². The molecule has 1 N–H and O–H groups in total. The molecule has 0 radical (unpaired) electrons. The molecule has 1 aliphatic rings. The third-order valence-electron chi connectivity index (χ3n) is 4.26. The SMILES string of the molecule is CC[C@H](C(=O)Nc1ccc2c(c1)OCO2)N(c1cccc([N+](=O)[O-])c1)S(C)(=O)=O. The molecular weight excluding hydrogens is 402 g/mol. The summed E-state index contributed by atoms with van der Waals surface area (Å²) in [4.78, 5) is 23.3. The minimum Gasteiger partial charge on any atom is -0.454 e.